The Hall–Kier alpha value is -0.550. The van der Waals surface area contributed by atoms with E-state index in [9.17, 15) is 4.79 Å². The Labute approximate surface area is 117 Å². The molecule has 0 radical (unpaired) electrons. The molecule has 1 rings (SSSR count). The van der Waals surface area contributed by atoms with Crippen molar-refractivity contribution in [3.63, 3.8) is 0 Å². The Morgan fingerprint density at radius 3 is 2.25 bits per heavy atom. The Morgan fingerprint density at radius 2 is 1.75 bits per heavy atom. The number of ether oxygens (including phenoxy) is 3. The molecular weight excluding hydrogens is 219 g/mol. The van der Waals surface area contributed by atoms with Crippen LogP contribution in [0.2, 0.25) is 0 Å². The average Bonchev–Trinajstić information content (AvgIpc) is 2.27. The Balaban J connectivity index is 0.00000225. The van der Waals surface area contributed by atoms with Crippen molar-refractivity contribution in [2.45, 2.75) is 6.92 Å². The Kier molecular flexibility index (Phi) is 8.29. The fourth-order valence-corrected chi connectivity index (χ4v) is 0.990. The molecule has 0 atom stereocenters. The molecule has 0 N–H and O–H groups in total. The van der Waals surface area contributed by atoms with E-state index in [0.717, 1.165) is 5.75 Å². The van der Waals surface area contributed by atoms with Crippen LogP contribution in [0.15, 0.2) is 24.3 Å². The maximum absolute atomic E-state index is 11.1. The van der Waals surface area contributed by atoms with Gasteiger partial charge in [-0.3, -0.25) is 0 Å². The average molecular weight is 234 g/mol. The first-order valence-corrected chi connectivity index (χ1v) is 4.68. The summed E-state index contributed by atoms with van der Waals surface area (Å²) in [6.45, 7) is 2.29. The molecule has 0 bridgehead atoms. The summed E-state index contributed by atoms with van der Waals surface area (Å²) in [5, 5.41) is 0. The van der Waals surface area contributed by atoms with Crippen molar-refractivity contribution in [1.82, 2.24) is 0 Å². The summed E-state index contributed by atoms with van der Waals surface area (Å²) >= 11 is 0. The van der Waals surface area contributed by atoms with E-state index in [0.29, 0.717) is 12.4 Å². The summed E-state index contributed by atoms with van der Waals surface area (Å²) in [4.78, 5) is 11.1. The molecule has 84 valence electrons. The first-order valence-electron chi connectivity index (χ1n) is 4.68. The fraction of sp³-hybridized carbons (Fsp3) is 0.364. The molecule has 5 heteroatoms. The number of carbonyl (C=O) groups is 1. The van der Waals surface area contributed by atoms with E-state index < -0.39 is 5.97 Å². The number of benzene rings is 1. The van der Waals surface area contributed by atoms with Gasteiger partial charge in [0, 0.05) is 6.61 Å². The zero-order chi connectivity index (χ0) is 11.1. The van der Waals surface area contributed by atoms with Gasteiger partial charge >= 0.3 is 35.5 Å². The van der Waals surface area contributed by atoms with Crippen molar-refractivity contribution >= 4 is 35.5 Å². The number of hydrogen-bond donors (Lipinski definition) is 0. The first-order chi connectivity index (χ1) is 7.26. The first kappa shape index (κ1) is 15.4. The minimum atomic E-state index is -0.401. The second-order valence-electron chi connectivity index (χ2n) is 2.79. The third-order valence-electron chi connectivity index (χ3n) is 1.72. The van der Waals surface area contributed by atoms with Gasteiger partial charge < -0.3 is 14.2 Å². The number of rotatable bonds is 5. The SMILES string of the molecule is CCOCC(=O)Oc1ccc(OC)cc1.[NaH]. The molecule has 1 aromatic rings. The van der Waals surface area contributed by atoms with Crippen molar-refractivity contribution in [1.29, 1.82) is 0 Å². The topological polar surface area (TPSA) is 44.8 Å². The third kappa shape index (κ3) is 5.51. The zero-order valence-corrected chi connectivity index (χ0v) is 8.86. The second kappa shape index (κ2) is 8.58. The fourth-order valence-electron chi connectivity index (χ4n) is 0.990. The Morgan fingerprint density at radius 1 is 1.19 bits per heavy atom. The minimum absolute atomic E-state index is 0. The van der Waals surface area contributed by atoms with Gasteiger partial charge in [-0.05, 0) is 31.2 Å². The third-order valence-corrected chi connectivity index (χ3v) is 1.72. The van der Waals surface area contributed by atoms with Crippen molar-refractivity contribution in [2.24, 2.45) is 0 Å². The number of methoxy groups -OCH3 is 1. The molecule has 0 saturated carbocycles. The van der Waals surface area contributed by atoms with Crippen LogP contribution < -0.4 is 9.47 Å². The summed E-state index contributed by atoms with van der Waals surface area (Å²) in [5.74, 6) is 0.808. The molecule has 4 nitrogen and oxygen atoms in total. The number of hydrogen-bond acceptors (Lipinski definition) is 4. The van der Waals surface area contributed by atoms with E-state index in [1.54, 1.807) is 31.4 Å². The molecule has 0 amide bonds. The zero-order valence-electron chi connectivity index (χ0n) is 8.86. The predicted molar refractivity (Wildman–Crippen MR) is 62.3 cm³/mol. The molecule has 0 aromatic heterocycles. The van der Waals surface area contributed by atoms with Gasteiger partial charge in [-0.2, -0.15) is 0 Å². The maximum atomic E-state index is 11.1. The van der Waals surface area contributed by atoms with E-state index in [1.807, 2.05) is 6.92 Å². The van der Waals surface area contributed by atoms with Gasteiger partial charge in [-0.15, -0.1) is 0 Å². The van der Waals surface area contributed by atoms with Crippen molar-refractivity contribution in [3.05, 3.63) is 24.3 Å². The predicted octanol–water partition coefficient (Wildman–Crippen LogP) is 0.989. The van der Waals surface area contributed by atoms with Crippen LogP contribution in [-0.2, 0) is 9.53 Å². The van der Waals surface area contributed by atoms with Gasteiger partial charge in [0.1, 0.15) is 18.1 Å². The van der Waals surface area contributed by atoms with Crippen molar-refractivity contribution in [2.75, 3.05) is 20.3 Å². The van der Waals surface area contributed by atoms with Gasteiger partial charge in [-0.25, -0.2) is 4.79 Å². The molecule has 0 spiro atoms. The van der Waals surface area contributed by atoms with Crippen LogP contribution in [0.3, 0.4) is 0 Å². The molecule has 0 aliphatic rings. The summed E-state index contributed by atoms with van der Waals surface area (Å²) in [5.41, 5.74) is 0. The van der Waals surface area contributed by atoms with Crippen LogP contribution in [-0.4, -0.2) is 55.9 Å². The summed E-state index contributed by atoms with van der Waals surface area (Å²) in [7, 11) is 1.58. The van der Waals surface area contributed by atoms with Crippen LogP contribution in [0.4, 0.5) is 0 Å². The van der Waals surface area contributed by atoms with E-state index in [1.165, 1.54) is 0 Å². The summed E-state index contributed by atoms with van der Waals surface area (Å²) < 4.78 is 14.9. The standard InChI is InChI=1S/C11H14O4.Na.H/c1-3-14-8-11(12)15-10-6-4-9(13-2)5-7-10;;/h4-7H,3,8H2,1-2H3;;. The summed E-state index contributed by atoms with van der Waals surface area (Å²) in [6, 6.07) is 6.79. The monoisotopic (exact) mass is 234 g/mol. The molecule has 0 aliphatic carbocycles. The molecular formula is C11H15NaO4. The molecule has 16 heavy (non-hydrogen) atoms. The van der Waals surface area contributed by atoms with E-state index in [-0.39, 0.29) is 36.2 Å². The van der Waals surface area contributed by atoms with Gasteiger partial charge in [0.2, 0.25) is 0 Å². The van der Waals surface area contributed by atoms with Gasteiger partial charge in [0.25, 0.3) is 0 Å². The van der Waals surface area contributed by atoms with Gasteiger partial charge in [0.15, 0.2) is 0 Å². The number of esters is 1. The number of carbonyl (C=O) groups excluding carboxylic acids is 1. The molecule has 0 saturated heterocycles. The second-order valence-corrected chi connectivity index (χ2v) is 2.79. The van der Waals surface area contributed by atoms with Gasteiger partial charge in [-0.1, -0.05) is 0 Å². The van der Waals surface area contributed by atoms with E-state index >= 15 is 0 Å². The quantitative estimate of drug-likeness (QED) is 0.433. The van der Waals surface area contributed by atoms with Crippen LogP contribution in [0.25, 0.3) is 0 Å². The van der Waals surface area contributed by atoms with Crippen molar-refractivity contribution in [3.8, 4) is 11.5 Å². The van der Waals surface area contributed by atoms with Gasteiger partial charge in [0.05, 0.1) is 7.11 Å². The molecule has 0 aliphatic heterocycles. The van der Waals surface area contributed by atoms with Crippen molar-refractivity contribution < 1.29 is 19.0 Å². The molecule has 0 unspecified atom stereocenters. The van der Waals surface area contributed by atoms with E-state index in [2.05, 4.69) is 0 Å². The van der Waals surface area contributed by atoms with Crippen LogP contribution in [0, 0.1) is 0 Å². The molecule has 0 heterocycles. The van der Waals surface area contributed by atoms with Crippen LogP contribution >= 0.6 is 0 Å². The van der Waals surface area contributed by atoms with E-state index in [4.69, 9.17) is 14.2 Å². The normalized spacial score (nSPS) is 9.12. The van der Waals surface area contributed by atoms with Crippen LogP contribution in [0.1, 0.15) is 6.92 Å². The summed E-state index contributed by atoms with van der Waals surface area (Å²) in [6.07, 6.45) is 0. The molecule has 0 fully saturated rings. The molecule has 1 aromatic carbocycles. The van der Waals surface area contributed by atoms with Crippen LogP contribution in [0.5, 0.6) is 11.5 Å². The Bertz CT molecular complexity index is 310.